The van der Waals surface area contributed by atoms with Crippen molar-refractivity contribution in [2.75, 3.05) is 6.54 Å². The highest BCUT2D eigenvalue weighted by molar-refractivity contribution is 6.30. The van der Waals surface area contributed by atoms with E-state index in [4.69, 9.17) is 11.6 Å². The summed E-state index contributed by atoms with van der Waals surface area (Å²) in [7, 11) is 0. The fraction of sp³-hybridized carbons (Fsp3) is 0.238. The first-order valence-corrected chi connectivity index (χ1v) is 8.18. The largest absolute Gasteiger partial charge is 0.391 e. The molecule has 0 saturated carbocycles. The number of halogens is 1. The second kappa shape index (κ2) is 9.91. The Morgan fingerprint density at radius 2 is 1.96 bits per heavy atom. The quantitative estimate of drug-likeness (QED) is 0.449. The van der Waals surface area contributed by atoms with Crippen LogP contribution in [-0.2, 0) is 6.42 Å². The van der Waals surface area contributed by atoms with Crippen LogP contribution < -0.4 is 5.32 Å². The lowest BCUT2D eigenvalue weighted by Gasteiger charge is -2.13. The summed E-state index contributed by atoms with van der Waals surface area (Å²) in [6, 6.07) is 6.08. The Hall–Kier alpha value is -1.99. The average molecular weight is 328 g/mol. The predicted octanol–water partition coefficient (Wildman–Crippen LogP) is 6.10. The summed E-state index contributed by atoms with van der Waals surface area (Å²) in [5.74, 6) is 0. The van der Waals surface area contributed by atoms with Crippen molar-refractivity contribution in [1.82, 2.24) is 5.32 Å². The maximum atomic E-state index is 6.18. The minimum absolute atomic E-state index is 0.765. The van der Waals surface area contributed by atoms with Crippen LogP contribution in [0.15, 0.2) is 73.0 Å². The van der Waals surface area contributed by atoms with E-state index in [2.05, 4.69) is 57.5 Å². The van der Waals surface area contributed by atoms with Crippen molar-refractivity contribution in [2.45, 2.75) is 27.2 Å². The van der Waals surface area contributed by atoms with E-state index in [9.17, 15) is 0 Å². The van der Waals surface area contributed by atoms with Gasteiger partial charge in [0.05, 0.1) is 0 Å². The second-order valence-electron chi connectivity index (χ2n) is 5.37. The minimum Gasteiger partial charge on any atom is -0.391 e. The molecule has 1 N–H and O–H groups in total. The molecule has 0 amide bonds. The molecule has 0 heterocycles. The van der Waals surface area contributed by atoms with Crippen molar-refractivity contribution in [3.63, 3.8) is 0 Å². The first-order chi connectivity index (χ1) is 11.0. The Morgan fingerprint density at radius 3 is 2.57 bits per heavy atom. The van der Waals surface area contributed by atoms with Crippen LogP contribution in [0.4, 0.5) is 0 Å². The van der Waals surface area contributed by atoms with Gasteiger partial charge >= 0.3 is 0 Å². The molecule has 1 aromatic rings. The van der Waals surface area contributed by atoms with Crippen LogP contribution >= 0.6 is 11.6 Å². The van der Waals surface area contributed by atoms with Gasteiger partial charge in [0.2, 0.25) is 0 Å². The third-order valence-electron chi connectivity index (χ3n) is 3.73. The van der Waals surface area contributed by atoms with E-state index in [1.165, 1.54) is 27.8 Å². The highest BCUT2D eigenvalue weighted by Crippen LogP contribution is 2.26. The van der Waals surface area contributed by atoms with Crippen LogP contribution in [0.2, 0.25) is 5.02 Å². The predicted molar refractivity (Wildman–Crippen MR) is 105 cm³/mol. The lowest BCUT2D eigenvalue weighted by Crippen LogP contribution is -2.10. The van der Waals surface area contributed by atoms with Gasteiger partial charge in [0, 0.05) is 11.6 Å². The molecule has 0 atom stereocenters. The smallest absolute Gasteiger partial charge is 0.0409 e. The molecule has 0 spiro atoms. The first-order valence-electron chi connectivity index (χ1n) is 7.80. The molecule has 0 bridgehead atoms. The molecule has 2 heteroatoms. The van der Waals surface area contributed by atoms with Gasteiger partial charge in [-0.25, -0.2) is 0 Å². The summed E-state index contributed by atoms with van der Waals surface area (Å²) >= 11 is 6.18. The first kappa shape index (κ1) is 19.1. The van der Waals surface area contributed by atoms with Gasteiger partial charge < -0.3 is 5.32 Å². The van der Waals surface area contributed by atoms with Crippen molar-refractivity contribution >= 4 is 17.2 Å². The minimum atomic E-state index is 0.765. The van der Waals surface area contributed by atoms with Gasteiger partial charge in [-0.2, -0.15) is 0 Å². The molecule has 1 aromatic carbocycles. The van der Waals surface area contributed by atoms with E-state index < -0.39 is 0 Å². The highest BCUT2D eigenvalue weighted by atomic mass is 35.5. The van der Waals surface area contributed by atoms with Crippen LogP contribution in [0.5, 0.6) is 0 Å². The van der Waals surface area contributed by atoms with Crippen LogP contribution in [0.1, 0.15) is 31.9 Å². The molecule has 0 aliphatic rings. The highest BCUT2D eigenvalue weighted by Gasteiger charge is 2.07. The Bertz CT molecular complexity index is 648. The Labute approximate surface area is 145 Å². The van der Waals surface area contributed by atoms with Crippen LogP contribution in [0, 0.1) is 0 Å². The molecule has 0 unspecified atom stereocenters. The fourth-order valence-corrected chi connectivity index (χ4v) is 2.53. The Morgan fingerprint density at radius 1 is 1.22 bits per heavy atom. The third kappa shape index (κ3) is 5.96. The molecule has 23 heavy (non-hydrogen) atoms. The van der Waals surface area contributed by atoms with Gasteiger partial charge in [-0.1, -0.05) is 55.1 Å². The molecule has 0 aliphatic heterocycles. The van der Waals surface area contributed by atoms with Crippen molar-refractivity contribution in [3.05, 3.63) is 89.2 Å². The topological polar surface area (TPSA) is 12.0 Å². The van der Waals surface area contributed by atoms with E-state index in [1.807, 2.05) is 24.3 Å². The molecular weight excluding hydrogens is 302 g/mol. The van der Waals surface area contributed by atoms with Gasteiger partial charge in [0.15, 0.2) is 0 Å². The van der Waals surface area contributed by atoms with Gasteiger partial charge in [-0.15, -0.1) is 0 Å². The van der Waals surface area contributed by atoms with Crippen molar-refractivity contribution in [2.24, 2.45) is 0 Å². The summed E-state index contributed by atoms with van der Waals surface area (Å²) in [5.41, 5.74) is 6.08. The summed E-state index contributed by atoms with van der Waals surface area (Å²) < 4.78 is 0. The molecule has 0 fully saturated rings. The van der Waals surface area contributed by atoms with E-state index in [0.29, 0.717) is 0 Å². The number of allylic oxidation sites excluding steroid dienone is 7. The van der Waals surface area contributed by atoms with Crippen molar-refractivity contribution in [1.29, 1.82) is 0 Å². The van der Waals surface area contributed by atoms with Crippen LogP contribution in [0.25, 0.3) is 5.57 Å². The maximum Gasteiger partial charge on any atom is 0.0409 e. The number of hydrogen-bond donors (Lipinski definition) is 1. The van der Waals surface area contributed by atoms with E-state index in [-0.39, 0.29) is 0 Å². The number of rotatable bonds is 8. The summed E-state index contributed by atoms with van der Waals surface area (Å²) in [6.07, 6.45) is 10.8. The SMILES string of the molecule is C=C/C=C(C)/C(C)=C/C(=C\C)c1ccc(Cl)cc1CCNC=C. The van der Waals surface area contributed by atoms with Crippen LogP contribution in [-0.4, -0.2) is 6.54 Å². The van der Waals surface area contributed by atoms with Crippen molar-refractivity contribution < 1.29 is 0 Å². The second-order valence-corrected chi connectivity index (χ2v) is 5.80. The van der Waals surface area contributed by atoms with Gasteiger partial charge in [-0.3, -0.25) is 0 Å². The molecule has 0 aromatic heterocycles. The van der Waals surface area contributed by atoms with E-state index >= 15 is 0 Å². The number of hydrogen-bond acceptors (Lipinski definition) is 1. The van der Waals surface area contributed by atoms with Crippen molar-refractivity contribution in [3.8, 4) is 0 Å². The zero-order valence-electron chi connectivity index (χ0n) is 14.3. The lowest BCUT2D eigenvalue weighted by molar-refractivity contribution is 0.832. The van der Waals surface area contributed by atoms with Gasteiger partial charge in [0.1, 0.15) is 0 Å². The van der Waals surface area contributed by atoms with Gasteiger partial charge in [0.25, 0.3) is 0 Å². The summed E-state index contributed by atoms with van der Waals surface area (Å²) in [5, 5.41) is 3.91. The maximum absolute atomic E-state index is 6.18. The Kier molecular flexibility index (Phi) is 8.21. The number of benzene rings is 1. The summed E-state index contributed by atoms with van der Waals surface area (Å²) in [4.78, 5) is 0. The van der Waals surface area contributed by atoms with Crippen LogP contribution in [0.3, 0.4) is 0 Å². The lowest BCUT2D eigenvalue weighted by atomic mass is 9.94. The molecule has 1 nitrogen and oxygen atoms in total. The fourth-order valence-electron chi connectivity index (χ4n) is 2.33. The normalized spacial score (nSPS) is 13.0. The van der Waals surface area contributed by atoms with E-state index in [1.54, 1.807) is 6.20 Å². The molecule has 0 saturated heterocycles. The molecule has 0 radical (unpaired) electrons. The zero-order chi connectivity index (χ0) is 17.2. The molecule has 1 rings (SSSR count). The standard InChI is InChI=1S/C21H26ClN/c1-6-9-16(4)17(5)14-18(7-2)21-11-10-20(22)15-19(21)12-13-23-8-3/h6-11,14-15,23H,1,3,12-13H2,2,4-5H3/b16-9+,17-14+,18-7+. The van der Waals surface area contributed by atoms with E-state index in [0.717, 1.165) is 18.0 Å². The molecule has 122 valence electrons. The number of nitrogens with one attached hydrogen (secondary N) is 1. The zero-order valence-corrected chi connectivity index (χ0v) is 15.1. The average Bonchev–Trinajstić information content (AvgIpc) is 2.53. The van der Waals surface area contributed by atoms with Gasteiger partial charge in [-0.05, 0) is 73.4 Å². The molecular formula is C21H26ClN. The summed E-state index contributed by atoms with van der Waals surface area (Å²) in [6.45, 7) is 14.6. The monoisotopic (exact) mass is 327 g/mol. The molecule has 0 aliphatic carbocycles. The third-order valence-corrected chi connectivity index (χ3v) is 3.97. The Balaban J connectivity index is 3.20.